The number of nitrogens with one attached hydrogen (secondary N) is 1. The average molecular weight is 368 g/mol. The first-order valence-corrected chi connectivity index (χ1v) is 9.92. The fraction of sp³-hybridized carbons (Fsp3) is 0.524. The quantitative estimate of drug-likeness (QED) is 0.818. The summed E-state index contributed by atoms with van der Waals surface area (Å²) in [5.41, 5.74) is 4.07. The van der Waals surface area contributed by atoms with Crippen molar-refractivity contribution in [1.82, 2.24) is 19.7 Å². The van der Waals surface area contributed by atoms with Gasteiger partial charge in [-0.1, -0.05) is 18.2 Å². The van der Waals surface area contributed by atoms with Gasteiger partial charge in [-0.25, -0.2) is 0 Å². The molecular weight excluding hydrogens is 340 g/mol. The molecule has 2 aliphatic rings. The van der Waals surface area contributed by atoms with Crippen molar-refractivity contribution in [2.24, 2.45) is 0 Å². The van der Waals surface area contributed by atoms with Crippen LogP contribution < -0.4 is 5.32 Å². The smallest absolute Gasteiger partial charge is 0.224 e. The zero-order valence-corrected chi connectivity index (χ0v) is 16.0. The Morgan fingerprint density at radius 3 is 2.78 bits per heavy atom. The number of piperidine rings is 1. The Balaban J connectivity index is 1.47. The Bertz CT molecular complexity index is 836. The van der Waals surface area contributed by atoms with E-state index in [0.717, 1.165) is 58.4 Å². The maximum absolute atomic E-state index is 12.7. The fourth-order valence-corrected chi connectivity index (χ4v) is 4.55. The number of rotatable bonds is 5. The Labute approximate surface area is 160 Å². The van der Waals surface area contributed by atoms with Gasteiger partial charge in [-0.15, -0.1) is 0 Å². The Kier molecular flexibility index (Phi) is 5.16. The molecule has 0 unspecified atom stereocenters. The number of para-hydroxylation sites is 1. The molecule has 27 heavy (non-hydrogen) atoms. The lowest BCUT2D eigenvalue weighted by Crippen LogP contribution is -2.44. The molecule has 144 valence electrons. The van der Waals surface area contributed by atoms with E-state index in [2.05, 4.69) is 46.1 Å². The van der Waals surface area contributed by atoms with Crippen LogP contribution in [0.3, 0.4) is 0 Å². The highest BCUT2D eigenvalue weighted by Gasteiger charge is 2.25. The van der Waals surface area contributed by atoms with Gasteiger partial charge >= 0.3 is 0 Å². The lowest BCUT2D eigenvalue weighted by atomic mass is 10.0. The molecule has 2 aromatic rings. The molecule has 2 aliphatic heterocycles. The van der Waals surface area contributed by atoms with Gasteiger partial charge in [0.15, 0.2) is 0 Å². The molecule has 1 aromatic carbocycles. The van der Waals surface area contributed by atoms with Gasteiger partial charge in [0, 0.05) is 68.2 Å². The molecule has 4 rings (SSSR count). The predicted octanol–water partition coefficient (Wildman–Crippen LogP) is 1.76. The molecule has 0 radical (unpaired) electrons. The maximum Gasteiger partial charge on any atom is 0.224 e. The summed E-state index contributed by atoms with van der Waals surface area (Å²) in [6, 6.07) is 8.78. The van der Waals surface area contributed by atoms with Crippen LogP contribution in [0.15, 0.2) is 24.3 Å². The highest BCUT2D eigenvalue weighted by atomic mass is 16.2. The van der Waals surface area contributed by atoms with Gasteiger partial charge in [-0.2, -0.15) is 0 Å². The number of aryl methyl sites for hydroxylation is 1. The van der Waals surface area contributed by atoms with Gasteiger partial charge in [-0.05, 0) is 31.5 Å². The van der Waals surface area contributed by atoms with Crippen LogP contribution in [0.1, 0.15) is 30.5 Å². The maximum atomic E-state index is 12.7. The lowest BCUT2D eigenvalue weighted by Gasteiger charge is -2.32. The molecular formula is C21H28N4O2. The second-order valence-electron chi connectivity index (χ2n) is 7.77. The van der Waals surface area contributed by atoms with Crippen LogP contribution in [0.5, 0.6) is 0 Å². The second kappa shape index (κ2) is 7.72. The number of likely N-dealkylation sites (tertiary alicyclic amines) is 1. The molecule has 0 spiro atoms. The van der Waals surface area contributed by atoms with Crippen LogP contribution in [0.4, 0.5) is 0 Å². The monoisotopic (exact) mass is 368 g/mol. The van der Waals surface area contributed by atoms with Gasteiger partial charge in [0.05, 0.1) is 0 Å². The average Bonchev–Trinajstić information content (AvgIpc) is 3.00. The normalized spacial score (nSPS) is 18.5. The van der Waals surface area contributed by atoms with Crippen molar-refractivity contribution < 1.29 is 9.59 Å². The standard InChI is InChI=1S/C21H28N4O2/c1-23-10-8-20-18(14-23)17-4-2-3-5-19(17)25(20)13-9-21(27)24-11-6-16(7-12-24)22-15-26/h2-5,15-16H,6-14H2,1H3,(H,22,26). The highest BCUT2D eigenvalue weighted by molar-refractivity contribution is 5.86. The van der Waals surface area contributed by atoms with Crippen LogP contribution >= 0.6 is 0 Å². The molecule has 3 heterocycles. The van der Waals surface area contributed by atoms with Crippen molar-refractivity contribution in [3.05, 3.63) is 35.5 Å². The van der Waals surface area contributed by atoms with Gasteiger partial charge in [0.25, 0.3) is 0 Å². The molecule has 2 amide bonds. The first-order chi connectivity index (χ1) is 13.2. The number of likely N-dealkylation sites (N-methyl/N-ethyl adjacent to an activating group) is 1. The van der Waals surface area contributed by atoms with Crippen LogP contribution in [-0.2, 0) is 29.1 Å². The minimum Gasteiger partial charge on any atom is -0.356 e. The van der Waals surface area contributed by atoms with E-state index in [1.807, 2.05) is 4.90 Å². The molecule has 6 nitrogen and oxygen atoms in total. The Morgan fingerprint density at radius 1 is 1.22 bits per heavy atom. The number of nitrogens with zero attached hydrogens (tertiary/aromatic N) is 3. The van der Waals surface area contributed by atoms with Crippen molar-refractivity contribution in [3.8, 4) is 0 Å². The Hall–Kier alpha value is -2.34. The van der Waals surface area contributed by atoms with Gasteiger partial charge in [0.2, 0.25) is 12.3 Å². The zero-order valence-electron chi connectivity index (χ0n) is 16.0. The minimum atomic E-state index is 0.212. The summed E-state index contributed by atoms with van der Waals surface area (Å²) < 4.78 is 2.37. The molecule has 0 aliphatic carbocycles. The number of aromatic nitrogens is 1. The first kappa shape index (κ1) is 18.0. The minimum absolute atomic E-state index is 0.212. The van der Waals surface area contributed by atoms with E-state index in [1.165, 1.54) is 22.2 Å². The number of carbonyl (C=O) groups excluding carboxylic acids is 2. The van der Waals surface area contributed by atoms with E-state index in [-0.39, 0.29) is 11.9 Å². The SMILES string of the molecule is CN1CCc2c(c3ccccc3n2CCC(=O)N2CCC(NC=O)CC2)C1. The predicted molar refractivity (Wildman–Crippen MR) is 105 cm³/mol. The number of hydrogen-bond donors (Lipinski definition) is 1. The van der Waals surface area contributed by atoms with E-state index in [1.54, 1.807) is 0 Å². The van der Waals surface area contributed by atoms with Crippen molar-refractivity contribution in [1.29, 1.82) is 0 Å². The number of hydrogen-bond acceptors (Lipinski definition) is 3. The van der Waals surface area contributed by atoms with E-state index in [4.69, 9.17) is 0 Å². The summed E-state index contributed by atoms with van der Waals surface area (Å²) in [5.74, 6) is 0.221. The zero-order chi connectivity index (χ0) is 18.8. The number of fused-ring (bicyclic) bond motifs is 3. The molecule has 1 aromatic heterocycles. The van der Waals surface area contributed by atoms with Crippen LogP contribution in [0.2, 0.25) is 0 Å². The largest absolute Gasteiger partial charge is 0.356 e. The third-order valence-corrected chi connectivity index (χ3v) is 6.05. The topological polar surface area (TPSA) is 57.6 Å². The van der Waals surface area contributed by atoms with E-state index >= 15 is 0 Å². The van der Waals surface area contributed by atoms with Crippen LogP contribution in [-0.4, -0.2) is 59.4 Å². The molecule has 1 saturated heterocycles. The summed E-state index contributed by atoms with van der Waals surface area (Å²) in [6.45, 7) is 4.26. The number of carbonyl (C=O) groups is 2. The Morgan fingerprint density at radius 2 is 2.00 bits per heavy atom. The van der Waals surface area contributed by atoms with Crippen molar-refractivity contribution in [2.45, 2.75) is 44.8 Å². The molecule has 1 N–H and O–H groups in total. The number of benzene rings is 1. The third-order valence-electron chi connectivity index (χ3n) is 6.05. The van der Waals surface area contributed by atoms with E-state index < -0.39 is 0 Å². The molecule has 0 saturated carbocycles. The lowest BCUT2D eigenvalue weighted by molar-refractivity contribution is -0.132. The summed E-state index contributed by atoms with van der Waals surface area (Å²) >= 11 is 0. The van der Waals surface area contributed by atoms with Gasteiger partial charge < -0.3 is 19.7 Å². The van der Waals surface area contributed by atoms with Crippen LogP contribution in [0, 0.1) is 0 Å². The molecule has 6 heteroatoms. The summed E-state index contributed by atoms with van der Waals surface area (Å²) in [6.07, 6.45) is 4.03. The van der Waals surface area contributed by atoms with Crippen molar-refractivity contribution >= 4 is 23.2 Å². The second-order valence-corrected chi connectivity index (χ2v) is 7.77. The molecule has 1 fully saturated rings. The van der Waals surface area contributed by atoms with Crippen molar-refractivity contribution in [2.75, 3.05) is 26.7 Å². The molecule has 0 bridgehead atoms. The first-order valence-electron chi connectivity index (χ1n) is 9.92. The van der Waals surface area contributed by atoms with Gasteiger partial charge in [-0.3, -0.25) is 9.59 Å². The summed E-state index contributed by atoms with van der Waals surface area (Å²) in [5, 5.41) is 4.16. The molecule has 0 atom stereocenters. The summed E-state index contributed by atoms with van der Waals surface area (Å²) in [7, 11) is 2.17. The van der Waals surface area contributed by atoms with Crippen LogP contribution in [0.25, 0.3) is 10.9 Å². The summed E-state index contributed by atoms with van der Waals surface area (Å²) in [4.78, 5) is 27.6. The highest BCUT2D eigenvalue weighted by Crippen LogP contribution is 2.30. The van der Waals surface area contributed by atoms with Gasteiger partial charge in [0.1, 0.15) is 0 Å². The van der Waals surface area contributed by atoms with E-state index in [9.17, 15) is 9.59 Å². The van der Waals surface area contributed by atoms with E-state index in [0.29, 0.717) is 6.42 Å². The number of amides is 2. The third kappa shape index (κ3) is 3.58. The van der Waals surface area contributed by atoms with Crippen molar-refractivity contribution in [3.63, 3.8) is 0 Å². The fourth-order valence-electron chi connectivity index (χ4n) is 4.55.